The number of aryl methyl sites for hydroxylation is 1. The van der Waals surface area contributed by atoms with Crippen LogP contribution in [0.5, 0.6) is 5.75 Å². The summed E-state index contributed by atoms with van der Waals surface area (Å²) in [6, 6.07) is 2.03. The van der Waals surface area contributed by atoms with Crippen molar-refractivity contribution in [2.24, 2.45) is 11.8 Å². The van der Waals surface area contributed by atoms with Gasteiger partial charge in [0.25, 0.3) is 0 Å². The van der Waals surface area contributed by atoms with Gasteiger partial charge < -0.3 is 14.8 Å². The smallest absolute Gasteiger partial charge is 0.127 e. The minimum Gasteiger partial charge on any atom is -0.493 e. The molecule has 0 radical (unpaired) electrons. The van der Waals surface area contributed by atoms with Gasteiger partial charge in [0.1, 0.15) is 5.75 Å². The van der Waals surface area contributed by atoms with Crippen molar-refractivity contribution < 1.29 is 9.47 Å². The Balaban J connectivity index is 1.92. The molecule has 1 fully saturated rings. The van der Waals surface area contributed by atoms with Crippen LogP contribution >= 0.6 is 0 Å². The zero-order valence-electron chi connectivity index (χ0n) is 12.8. The Kier molecular flexibility index (Phi) is 5.80. The molecule has 1 aliphatic heterocycles. The Hall–Kier alpha value is -1.13. The third-order valence-corrected chi connectivity index (χ3v) is 3.45. The number of ether oxygens (including phenoxy) is 2. The Morgan fingerprint density at radius 3 is 3.05 bits per heavy atom. The summed E-state index contributed by atoms with van der Waals surface area (Å²) in [5, 5.41) is 3.44. The molecule has 0 aliphatic carbocycles. The molecule has 1 aromatic rings. The van der Waals surface area contributed by atoms with Gasteiger partial charge in [-0.15, -0.1) is 0 Å². The maximum Gasteiger partial charge on any atom is 0.127 e. The zero-order valence-corrected chi connectivity index (χ0v) is 12.8. The molecule has 112 valence electrons. The van der Waals surface area contributed by atoms with Crippen LogP contribution in [0.15, 0.2) is 12.3 Å². The SMILES string of the molecule is Cc1cc(OCC2CCOC2)c(CNCC(C)C)cn1. The lowest BCUT2D eigenvalue weighted by atomic mass is 10.1. The van der Waals surface area contributed by atoms with Crippen LogP contribution < -0.4 is 10.1 Å². The fraction of sp³-hybridized carbons (Fsp3) is 0.688. The molecular weight excluding hydrogens is 252 g/mol. The molecule has 4 nitrogen and oxygen atoms in total. The third-order valence-electron chi connectivity index (χ3n) is 3.45. The Labute approximate surface area is 121 Å². The van der Waals surface area contributed by atoms with Crippen molar-refractivity contribution in [3.05, 3.63) is 23.5 Å². The van der Waals surface area contributed by atoms with Crippen molar-refractivity contribution in [3.63, 3.8) is 0 Å². The van der Waals surface area contributed by atoms with Gasteiger partial charge in [0.15, 0.2) is 0 Å². The maximum absolute atomic E-state index is 6.00. The normalized spacial score (nSPS) is 18.7. The minimum atomic E-state index is 0.528. The number of pyridine rings is 1. The number of nitrogens with one attached hydrogen (secondary N) is 1. The van der Waals surface area contributed by atoms with E-state index in [9.17, 15) is 0 Å². The Bertz CT molecular complexity index is 415. The number of hydrogen-bond donors (Lipinski definition) is 1. The van der Waals surface area contributed by atoms with Gasteiger partial charge in [0, 0.05) is 42.6 Å². The van der Waals surface area contributed by atoms with E-state index in [0.29, 0.717) is 11.8 Å². The largest absolute Gasteiger partial charge is 0.493 e. The molecule has 0 spiro atoms. The van der Waals surface area contributed by atoms with E-state index in [-0.39, 0.29) is 0 Å². The first-order chi connectivity index (χ1) is 9.65. The Morgan fingerprint density at radius 2 is 2.35 bits per heavy atom. The maximum atomic E-state index is 6.00. The van der Waals surface area contributed by atoms with Crippen LogP contribution in [-0.2, 0) is 11.3 Å². The van der Waals surface area contributed by atoms with E-state index in [2.05, 4.69) is 24.1 Å². The van der Waals surface area contributed by atoms with Crippen molar-refractivity contribution in [2.75, 3.05) is 26.4 Å². The van der Waals surface area contributed by atoms with Crippen LogP contribution in [0.1, 0.15) is 31.5 Å². The lowest BCUT2D eigenvalue weighted by Crippen LogP contribution is -2.20. The molecular formula is C16H26N2O2. The van der Waals surface area contributed by atoms with Gasteiger partial charge in [-0.3, -0.25) is 4.98 Å². The van der Waals surface area contributed by atoms with Crippen molar-refractivity contribution in [1.82, 2.24) is 10.3 Å². The van der Waals surface area contributed by atoms with Crippen LogP contribution in [0.4, 0.5) is 0 Å². The molecule has 0 bridgehead atoms. The van der Waals surface area contributed by atoms with Crippen LogP contribution in [0.25, 0.3) is 0 Å². The van der Waals surface area contributed by atoms with Gasteiger partial charge in [-0.05, 0) is 25.8 Å². The van der Waals surface area contributed by atoms with Crippen LogP contribution in [0.3, 0.4) is 0 Å². The second-order valence-corrected chi connectivity index (χ2v) is 6.00. The van der Waals surface area contributed by atoms with E-state index < -0.39 is 0 Å². The van der Waals surface area contributed by atoms with Crippen LogP contribution in [-0.4, -0.2) is 31.3 Å². The van der Waals surface area contributed by atoms with Gasteiger partial charge in [0.2, 0.25) is 0 Å². The number of nitrogens with zero attached hydrogens (tertiary/aromatic N) is 1. The number of aromatic nitrogens is 1. The molecule has 4 heteroatoms. The van der Waals surface area contributed by atoms with E-state index in [0.717, 1.165) is 56.3 Å². The number of rotatable bonds is 7. The average Bonchev–Trinajstić information content (AvgIpc) is 2.91. The molecule has 1 atom stereocenters. The standard InChI is InChI=1S/C16H26N2O2/c1-12(2)7-17-8-15-9-18-13(3)6-16(15)20-11-14-4-5-19-10-14/h6,9,12,14,17H,4-5,7-8,10-11H2,1-3H3. The monoisotopic (exact) mass is 278 g/mol. The molecule has 20 heavy (non-hydrogen) atoms. The van der Waals surface area contributed by atoms with Crippen LogP contribution in [0.2, 0.25) is 0 Å². The van der Waals surface area contributed by atoms with Crippen molar-refractivity contribution >= 4 is 0 Å². The summed E-state index contributed by atoms with van der Waals surface area (Å²) >= 11 is 0. The lowest BCUT2D eigenvalue weighted by molar-refractivity contribution is 0.166. The minimum absolute atomic E-state index is 0.528. The molecule has 1 aromatic heterocycles. The average molecular weight is 278 g/mol. The molecule has 1 N–H and O–H groups in total. The number of hydrogen-bond acceptors (Lipinski definition) is 4. The van der Waals surface area contributed by atoms with Gasteiger partial charge in [-0.25, -0.2) is 0 Å². The highest BCUT2D eigenvalue weighted by Gasteiger charge is 2.17. The van der Waals surface area contributed by atoms with Crippen molar-refractivity contribution in [3.8, 4) is 5.75 Å². The van der Waals surface area contributed by atoms with Crippen molar-refractivity contribution in [2.45, 2.75) is 33.7 Å². The van der Waals surface area contributed by atoms with Crippen molar-refractivity contribution in [1.29, 1.82) is 0 Å². The predicted octanol–water partition coefficient (Wildman–Crippen LogP) is 2.55. The highest BCUT2D eigenvalue weighted by atomic mass is 16.5. The lowest BCUT2D eigenvalue weighted by Gasteiger charge is -2.15. The fourth-order valence-corrected chi connectivity index (χ4v) is 2.25. The van der Waals surface area contributed by atoms with E-state index >= 15 is 0 Å². The summed E-state index contributed by atoms with van der Waals surface area (Å²) in [4.78, 5) is 4.37. The highest BCUT2D eigenvalue weighted by Crippen LogP contribution is 2.21. The van der Waals surface area contributed by atoms with E-state index in [4.69, 9.17) is 9.47 Å². The molecule has 2 heterocycles. The molecule has 2 rings (SSSR count). The predicted molar refractivity (Wildman–Crippen MR) is 79.9 cm³/mol. The third kappa shape index (κ3) is 4.76. The van der Waals surface area contributed by atoms with Gasteiger partial charge in [0.05, 0.1) is 13.2 Å². The summed E-state index contributed by atoms with van der Waals surface area (Å²) in [5.74, 6) is 2.13. The quantitative estimate of drug-likeness (QED) is 0.832. The molecule has 0 amide bonds. The molecule has 1 saturated heterocycles. The summed E-state index contributed by atoms with van der Waals surface area (Å²) in [6.07, 6.45) is 3.02. The first kappa shape index (κ1) is 15.3. The second kappa shape index (κ2) is 7.60. The van der Waals surface area contributed by atoms with Crippen LogP contribution in [0, 0.1) is 18.8 Å². The van der Waals surface area contributed by atoms with E-state index in [1.807, 2.05) is 19.2 Å². The first-order valence-corrected chi connectivity index (χ1v) is 7.52. The van der Waals surface area contributed by atoms with E-state index in [1.54, 1.807) is 0 Å². The second-order valence-electron chi connectivity index (χ2n) is 6.00. The summed E-state index contributed by atoms with van der Waals surface area (Å²) < 4.78 is 11.4. The summed E-state index contributed by atoms with van der Waals surface area (Å²) in [5.41, 5.74) is 2.13. The Morgan fingerprint density at radius 1 is 1.50 bits per heavy atom. The van der Waals surface area contributed by atoms with E-state index in [1.165, 1.54) is 0 Å². The highest BCUT2D eigenvalue weighted by molar-refractivity contribution is 5.32. The molecule has 0 saturated carbocycles. The first-order valence-electron chi connectivity index (χ1n) is 7.52. The summed E-state index contributed by atoms with van der Waals surface area (Å²) in [7, 11) is 0. The van der Waals surface area contributed by atoms with Gasteiger partial charge in [-0.2, -0.15) is 0 Å². The molecule has 1 aliphatic rings. The molecule has 1 unspecified atom stereocenters. The zero-order chi connectivity index (χ0) is 14.4. The summed E-state index contributed by atoms with van der Waals surface area (Å²) in [6.45, 7) is 10.6. The molecule has 0 aromatic carbocycles. The topological polar surface area (TPSA) is 43.4 Å². The van der Waals surface area contributed by atoms with Gasteiger partial charge >= 0.3 is 0 Å². The fourth-order valence-electron chi connectivity index (χ4n) is 2.25. The van der Waals surface area contributed by atoms with Gasteiger partial charge in [-0.1, -0.05) is 13.8 Å².